The Morgan fingerprint density at radius 2 is 1.91 bits per heavy atom. The van der Waals surface area contributed by atoms with Crippen molar-refractivity contribution in [2.75, 3.05) is 12.4 Å². The lowest BCUT2D eigenvalue weighted by Crippen LogP contribution is -2.13. The molecule has 0 fully saturated rings. The van der Waals surface area contributed by atoms with Crippen LogP contribution in [-0.4, -0.2) is 42.2 Å². The van der Waals surface area contributed by atoms with Gasteiger partial charge in [0.05, 0.1) is 35.7 Å². The lowest BCUT2D eigenvalue weighted by atomic mass is 10.3. The van der Waals surface area contributed by atoms with Gasteiger partial charge in [-0.2, -0.15) is 5.10 Å². The fourth-order valence-electron chi connectivity index (χ4n) is 3.31. The number of carbonyl (C=O) groups is 1. The zero-order chi connectivity index (χ0) is 22.1. The van der Waals surface area contributed by atoms with Gasteiger partial charge >= 0.3 is 0 Å². The summed E-state index contributed by atoms with van der Waals surface area (Å²) in [6, 6.07) is 12.6. The summed E-state index contributed by atoms with van der Waals surface area (Å²) in [7, 11) is 1.62. The Hall–Kier alpha value is -4.24. The van der Waals surface area contributed by atoms with Crippen molar-refractivity contribution in [1.82, 2.24) is 29.1 Å². The average Bonchev–Trinajstić information content (AvgIpc) is 3.45. The first-order valence-corrected chi connectivity index (χ1v) is 9.95. The number of amides is 1. The highest BCUT2D eigenvalue weighted by Gasteiger charge is 2.21. The molecule has 1 N–H and O–H groups in total. The summed E-state index contributed by atoms with van der Waals surface area (Å²) >= 11 is 5.87. The number of ether oxygens (including phenoxy) is 1. The molecule has 5 aromatic rings. The molecular weight excluding hydrogens is 430 g/mol. The maximum absolute atomic E-state index is 13.0. The quantitative estimate of drug-likeness (QED) is 0.440. The Balaban J connectivity index is 1.57. The predicted octanol–water partition coefficient (Wildman–Crippen LogP) is 3.89. The number of nitrogens with one attached hydrogen (secondary N) is 1. The van der Waals surface area contributed by atoms with E-state index < -0.39 is 5.91 Å². The van der Waals surface area contributed by atoms with Crippen LogP contribution in [0.3, 0.4) is 0 Å². The number of halogens is 1. The first-order valence-electron chi connectivity index (χ1n) is 9.58. The molecule has 1 aromatic carbocycles. The van der Waals surface area contributed by atoms with Gasteiger partial charge in [-0.15, -0.1) is 0 Å². The number of rotatable bonds is 5. The summed E-state index contributed by atoms with van der Waals surface area (Å²) in [6.07, 6.45) is 8.12. The highest BCUT2D eigenvalue weighted by Crippen LogP contribution is 2.26. The first kappa shape index (κ1) is 19.7. The Labute approximate surface area is 187 Å². The lowest BCUT2D eigenvalue weighted by Gasteiger charge is -2.08. The number of imidazole rings is 1. The van der Waals surface area contributed by atoms with Gasteiger partial charge in [-0.05, 0) is 42.5 Å². The Morgan fingerprint density at radius 3 is 2.66 bits per heavy atom. The zero-order valence-corrected chi connectivity index (χ0v) is 17.6. The van der Waals surface area contributed by atoms with Gasteiger partial charge in [-0.25, -0.2) is 14.6 Å². The minimum atomic E-state index is -0.410. The first-order chi connectivity index (χ1) is 15.6. The van der Waals surface area contributed by atoms with Gasteiger partial charge in [-0.3, -0.25) is 14.2 Å². The molecule has 5 rings (SSSR count). The Kier molecular flexibility index (Phi) is 5.00. The number of anilines is 1. The van der Waals surface area contributed by atoms with Crippen LogP contribution < -0.4 is 10.1 Å². The van der Waals surface area contributed by atoms with Crippen molar-refractivity contribution in [3.05, 3.63) is 84.2 Å². The highest BCUT2D eigenvalue weighted by molar-refractivity contribution is 6.30. The molecule has 10 heteroatoms. The van der Waals surface area contributed by atoms with Gasteiger partial charge < -0.3 is 10.1 Å². The minimum Gasteiger partial charge on any atom is -0.497 e. The predicted molar refractivity (Wildman–Crippen MR) is 119 cm³/mol. The van der Waals surface area contributed by atoms with E-state index >= 15 is 0 Å². The molecule has 4 heterocycles. The molecule has 1 amide bonds. The third-order valence-corrected chi connectivity index (χ3v) is 5.04. The number of carbonyl (C=O) groups excluding carboxylic acids is 1. The third-order valence-electron chi connectivity index (χ3n) is 4.82. The second kappa shape index (κ2) is 8.12. The van der Waals surface area contributed by atoms with E-state index in [1.54, 1.807) is 53.1 Å². The van der Waals surface area contributed by atoms with Crippen LogP contribution in [-0.2, 0) is 0 Å². The van der Waals surface area contributed by atoms with Crippen molar-refractivity contribution in [3.63, 3.8) is 0 Å². The number of pyridine rings is 1. The summed E-state index contributed by atoms with van der Waals surface area (Å²) in [5.74, 6) is 1.25. The highest BCUT2D eigenvalue weighted by atomic mass is 35.5. The number of aromatic nitrogens is 6. The van der Waals surface area contributed by atoms with Gasteiger partial charge in [-0.1, -0.05) is 11.6 Å². The van der Waals surface area contributed by atoms with Crippen molar-refractivity contribution < 1.29 is 9.53 Å². The van der Waals surface area contributed by atoms with E-state index in [9.17, 15) is 4.79 Å². The zero-order valence-electron chi connectivity index (χ0n) is 16.8. The molecule has 4 aromatic heterocycles. The van der Waals surface area contributed by atoms with Crippen molar-refractivity contribution >= 4 is 28.8 Å². The van der Waals surface area contributed by atoms with Gasteiger partial charge in [0.15, 0.2) is 11.5 Å². The summed E-state index contributed by atoms with van der Waals surface area (Å²) in [6.45, 7) is 0. The summed E-state index contributed by atoms with van der Waals surface area (Å²) < 4.78 is 8.78. The molecule has 0 spiro atoms. The maximum Gasteiger partial charge on any atom is 0.277 e. The molecule has 9 nitrogen and oxygen atoms in total. The molecule has 0 saturated heterocycles. The fourth-order valence-corrected chi connectivity index (χ4v) is 3.42. The second-order valence-electron chi connectivity index (χ2n) is 6.76. The molecule has 0 aliphatic heterocycles. The molecule has 158 valence electrons. The summed E-state index contributed by atoms with van der Waals surface area (Å²) in [5, 5.41) is 7.67. The number of hydrogen-bond acceptors (Lipinski definition) is 6. The number of hydrogen-bond donors (Lipinski definition) is 1. The van der Waals surface area contributed by atoms with Crippen molar-refractivity contribution in [3.8, 4) is 23.0 Å². The van der Waals surface area contributed by atoms with Crippen LogP contribution in [0.25, 0.3) is 22.7 Å². The van der Waals surface area contributed by atoms with Crippen molar-refractivity contribution in [2.24, 2.45) is 0 Å². The van der Waals surface area contributed by atoms with Crippen LogP contribution in [0.15, 0.2) is 73.4 Å². The number of methoxy groups -OCH3 is 1. The number of nitrogens with zero attached hydrogens (tertiary/aromatic N) is 6. The van der Waals surface area contributed by atoms with Gasteiger partial charge in [0, 0.05) is 18.6 Å². The van der Waals surface area contributed by atoms with E-state index in [-0.39, 0.29) is 5.69 Å². The monoisotopic (exact) mass is 445 g/mol. The van der Waals surface area contributed by atoms with E-state index in [4.69, 9.17) is 16.3 Å². The average molecular weight is 446 g/mol. The van der Waals surface area contributed by atoms with Gasteiger partial charge in [0.25, 0.3) is 5.91 Å². The normalized spacial score (nSPS) is 10.9. The van der Waals surface area contributed by atoms with E-state index in [2.05, 4.69) is 25.4 Å². The second-order valence-corrected chi connectivity index (χ2v) is 7.19. The van der Waals surface area contributed by atoms with Crippen molar-refractivity contribution in [1.29, 1.82) is 0 Å². The molecule has 0 atom stereocenters. The fraction of sp³-hybridized carbons (Fsp3) is 0.0455. The van der Waals surface area contributed by atoms with E-state index in [1.807, 2.05) is 30.3 Å². The largest absolute Gasteiger partial charge is 0.497 e. The van der Waals surface area contributed by atoms with E-state index in [0.717, 1.165) is 11.4 Å². The Bertz CT molecular complexity index is 1410. The van der Waals surface area contributed by atoms with Crippen LogP contribution >= 0.6 is 11.6 Å². The van der Waals surface area contributed by atoms with E-state index in [0.29, 0.717) is 27.9 Å². The lowest BCUT2D eigenvalue weighted by molar-refractivity contribution is 0.102. The molecule has 0 radical (unpaired) electrons. The molecule has 0 saturated carbocycles. The molecular formula is C22H16ClN7O2. The third kappa shape index (κ3) is 3.54. The molecule has 0 unspecified atom stereocenters. The SMILES string of the molecule is COc1ccc(-n2nccc2-c2nc(C(=O)Nc3ccc(Cl)cn3)c3cnccn23)cc1. The number of benzene rings is 1. The summed E-state index contributed by atoms with van der Waals surface area (Å²) in [4.78, 5) is 25.9. The van der Waals surface area contributed by atoms with Crippen LogP contribution in [0.1, 0.15) is 10.5 Å². The van der Waals surface area contributed by atoms with Crippen LogP contribution in [0, 0.1) is 0 Å². The topological polar surface area (TPSA) is 99.2 Å². The molecule has 0 aliphatic rings. The number of fused-ring (bicyclic) bond motifs is 1. The smallest absolute Gasteiger partial charge is 0.277 e. The van der Waals surface area contributed by atoms with Crippen molar-refractivity contribution in [2.45, 2.75) is 0 Å². The van der Waals surface area contributed by atoms with Crippen LogP contribution in [0.4, 0.5) is 5.82 Å². The molecule has 0 bridgehead atoms. The molecule has 32 heavy (non-hydrogen) atoms. The standard InChI is InChI=1S/C22H16ClN7O2/c1-32-16-5-3-15(4-6-16)30-17(8-9-26-30)21-28-20(18-13-24-10-11-29(18)21)22(31)27-19-7-2-14(23)12-25-19/h2-13H,1H3,(H,25,27,31). The molecule has 0 aliphatic carbocycles. The van der Waals surface area contributed by atoms with Gasteiger partial charge in [0.2, 0.25) is 0 Å². The summed E-state index contributed by atoms with van der Waals surface area (Å²) in [5.41, 5.74) is 2.30. The Morgan fingerprint density at radius 1 is 1.06 bits per heavy atom. The van der Waals surface area contributed by atoms with E-state index in [1.165, 1.54) is 6.20 Å². The minimum absolute atomic E-state index is 0.215. The van der Waals surface area contributed by atoms with Crippen LogP contribution in [0.2, 0.25) is 5.02 Å². The van der Waals surface area contributed by atoms with Gasteiger partial charge in [0.1, 0.15) is 17.3 Å². The van der Waals surface area contributed by atoms with Crippen LogP contribution in [0.5, 0.6) is 5.75 Å². The maximum atomic E-state index is 13.0.